The second-order valence-electron chi connectivity index (χ2n) is 7.08. The fraction of sp³-hybridized carbons (Fsp3) is 0.273. The summed E-state index contributed by atoms with van der Waals surface area (Å²) >= 11 is 5.74. The summed E-state index contributed by atoms with van der Waals surface area (Å²) in [6.45, 7) is 0.369. The van der Waals surface area contributed by atoms with E-state index in [1.54, 1.807) is 17.2 Å². The number of amides is 1. The zero-order valence-electron chi connectivity index (χ0n) is 16.0. The third-order valence-electron chi connectivity index (χ3n) is 4.95. The zero-order valence-corrected chi connectivity index (χ0v) is 16.7. The third kappa shape index (κ3) is 4.62. The fourth-order valence-electron chi connectivity index (χ4n) is 3.52. The van der Waals surface area contributed by atoms with Gasteiger partial charge < -0.3 is 14.1 Å². The van der Waals surface area contributed by atoms with Crippen LogP contribution in [0.3, 0.4) is 0 Å². The van der Waals surface area contributed by atoms with E-state index in [4.69, 9.17) is 20.8 Å². The van der Waals surface area contributed by atoms with Crippen LogP contribution in [0.4, 0.5) is 8.78 Å². The Balaban J connectivity index is 1.40. The van der Waals surface area contributed by atoms with Gasteiger partial charge in [-0.3, -0.25) is 4.79 Å². The molecule has 1 saturated heterocycles. The Morgan fingerprint density at radius 2 is 2.13 bits per heavy atom. The van der Waals surface area contributed by atoms with E-state index in [2.05, 4.69) is 4.98 Å². The first-order chi connectivity index (χ1) is 14.5. The summed E-state index contributed by atoms with van der Waals surface area (Å²) in [5.74, 6) is 0.307. The normalized spacial score (nSPS) is 16.1. The van der Waals surface area contributed by atoms with Gasteiger partial charge in [0, 0.05) is 19.0 Å². The molecule has 1 atom stereocenters. The number of carbonyl (C=O) groups is 1. The second-order valence-corrected chi connectivity index (χ2v) is 7.49. The summed E-state index contributed by atoms with van der Waals surface area (Å²) in [7, 11) is 0. The number of aromatic nitrogens is 1. The molecule has 0 radical (unpaired) electrons. The topological polar surface area (TPSA) is 55.6 Å². The maximum Gasteiger partial charge on any atom is 0.261 e. The molecule has 0 saturated carbocycles. The molecule has 0 aliphatic carbocycles. The van der Waals surface area contributed by atoms with E-state index in [0.717, 1.165) is 18.4 Å². The first kappa shape index (κ1) is 20.3. The molecule has 3 aromatic rings. The molecule has 1 fully saturated rings. The van der Waals surface area contributed by atoms with Crippen LogP contribution in [0.25, 0.3) is 0 Å². The van der Waals surface area contributed by atoms with Crippen molar-refractivity contribution in [3.05, 3.63) is 82.5 Å². The average molecular weight is 433 g/mol. The third-order valence-corrected chi connectivity index (χ3v) is 5.24. The highest BCUT2D eigenvalue weighted by atomic mass is 35.5. The Morgan fingerprint density at radius 1 is 1.27 bits per heavy atom. The van der Waals surface area contributed by atoms with Gasteiger partial charge in [-0.2, -0.15) is 0 Å². The van der Waals surface area contributed by atoms with Gasteiger partial charge in [0.1, 0.15) is 29.2 Å². The highest BCUT2D eigenvalue weighted by molar-refractivity contribution is 6.30. The van der Waals surface area contributed by atoms with E-state index in [9.17, 15) is 13.6 Å². The smallest absolute Gasteiger partial charge is 0.261 e. The number of halogens is 3. The average Bonchev–Trinajstić information content (AvgIpc) is 3.38. The van der Waals surface area contributed by atoms with Gasteiger partial charge in [0.05, 0.1) is 11.2 Å². The predicted octanol–water partition coefficient (Wildman–Crippen LogP) is 4.94. The first-order valence-corrected chi connectivity index (χ1v) is 9.94. The summed E-state index contributed by atoms with van der Waals surface area (Å²) in [6.07, 6.45) is 3.58. The van der Waals surface area contributed by atoms with Crippen LogP contribution in [0.15, 0.2) is 53.1 Å². The molecule has 1 amide bonds. The van der Waals surface area contributed by atoms with Crippen molar-refractivity contribution in [3.8, 4) is 5.75 Å². The molecule has 30 heavy (non-hydrogen) atoms. The number of oxazole rings is 1. The molecule has 1 aliphatic rings. The quantitative estimate of drug-likeness (QED) is 0.553. The number of benzene rings is 2. The lowest BCUT2D eigenvalue weighted by Gasteiger charge is -2.22. The molecular formula is C22H19ClF2N2O3. The largest absolute Gasteiger partial charge is 0.484 e. The van der Waals surface area contributed by atoms with Gasteiger partial charge in [0.25, 0.3) is 5.91 Å². The SMILES string of the molecule is O=C(COc1ccc(F)c(Cl)c1)N1CCCC1c1ncc(Cc2cccc(F)c2)o1. The lowest BCUT2D eigenvalue weighted by atomic mass is 10.1. The monoisotopic (exact) mass is 432 g/mol. The van der Waals surface area contributed by atoms with Crippen LogP contribution in [-0.2, 0) is 11.2 Å². The Kier molecular flexibility index (Phi) is 5.99. The zero-order chi connectivity index (χ0) is 21.1. The van der Waals surface area contributed by atoms with Crippen molar-refractivity contribution in [2.45, 2.75) is 25.3 Å². The number of ether oxygens (including phenoxy) is 1. The number of rotatable bonds is 6. The summed E-state index contributed by atoms with van der Waals surface area (Å²) in [6, 6.07) is 9.96. The molecule has 0 bridgehead atoms. The Hall–Kier alpha value is -2.93. The molecule has 4 rings (SSSR count). The number of likely N-dealkylation sites (tertiary alicyclic amines) is 1. The van der Waals surface area contributed by atoms with Crippen molar-refractivity contribution in [3.63, 3.8) is 0 Å². The van der Waals surface area contributed by atoms with Gasteiger partial charge in [-0.15, -0.1) is 0 Å². The Morgan fingerprint density at radius 3 is 2.93 bits per heavy atom. The van der Waals surface area contributed by atoms with Crippen molar-refractivity contribution in [1.82, 2.24) is 9.88 Å². The molecule has 1 aromatic heterocycles. The first-order valence-electron chi connectivity index (χ1n) is 9.56. The Bertz CT molecular complexity index is 1060. The fourth-order valence-corrected chi connectivity index (χ4v) is 3.69. The minimum absolute atomic E-state index is 0.0652. The van der Waals surface area contributed by atoms with Crippen LogP contribution in [0.1, 0.15) is 36.1 Å². The standard InChI is InChI=1S/C22H19ClF2N2O3/c23-18-11-16(6-7-19(18)25)29-13-21(28)27-8-2-5-20(27)22-26-12-17(30-22)10-14-3-1-4-15(24)9-14/h1,3-4,6-7,9,11-12,20H,2,5,8,10,13H2. The molecule has 156 valence electrons. The summed E-state index contributed by atoms with van der Waals surface area (Å²) in [5.41, 5.74) is 0.781. The van der Waals surface area contributed by atoms with Crippen molar-refractivity contribution >= 4 is 17.5 Å². The van der Waals surface area contributed by atoms with Gasteiger partial charge in [0.15, 0.2) is 6.61 Å². The molecule has 0 spiro atoms. The van der Waals surface area contributed by atoms with Crippen LogP contribution in [0.2, 0.25) is 5.02 Å². The number of nitrogens with zero attached hydrogens (tertiary/aromatic N) is 2. The van der Waals surface area contributed by atoms with Gasteiger partial charge in [-0.05, 0) is 42.7 Å². The van der Waals surface area contributed by atoms with E-state index in [0.29, 0.717) is 30.4 Å². The molecule has 8 heteroatoms. The summed E-state index contributed by atoms with van der Waals surface area (Å²) in [4.78, 5) is 18.7. The van der Waals surface area contributed by atoms with Crippen LogP contribution < -0.4 is 4.74 Å². The van der Waals surface area contributed by atoms with Crippen molar-refractivity contribution in [1.29, 1.82) is 0 Å². The molecule has 0 N–H and O–H groups in total. The van der Waals surface area contributed by atoms with Crippen LogP contribution in [0, 0.1) is 11.6 Å². The highest BCUT2D eigenvalue weighted by Gasteiger charge is 2.33. The predicted molar refractivity (Wildman–Crippen MR) is 106 cm³/mol. The second kappa shape index (κ2) is 8.83. The van der Waals surface area contributed by atoms with Gasteiger partial charge in [-0.25, -0.2) is 13.8 Å². The van der Waals surface area contributed by atoms with Crippen LogP contribution in [0.5, 0.6) is 5.75 Å². The van der Waals surface area contributed by atoms with E-state index in [-0.39, 0.29) is 29.4 Å². The molecule has 1 aliphatic heterocycles. The minimum Gasteiger partial charge on any atom is -0.484 e. The Labute approximate surface area is 177 Å². The molecule has 2 aromatic carbocycles. The van der Waals surface area contributed by atoms with Gasteiger partial charge in [0.2, 0.25) is 5.89 Å². The van der Waals surface area contributed by atoms with E-state index in [1.807, 2.05) is 6.07 Å². The number of hydrogen-bond donors (Lipinski definition) is 0. The lowest BCUT2D eigenvalue weighted by Crippen LogP contribution is -2.34. The summed E-state index contributed by atoms with van der Waals surface area (Å²) in [5, 5.41) is -0.0652. The van der Waals surface area contributed by atoms with E-state index < -0.39 is 5.82 Å². The molecule has 2 heterocycles. The summed E-state index contributed by atoms with van der Waals surface area (Å²) < 4.78 is 37.9. The van der Waals surface area contributed by atoms with Crippen molar-refractivity contribution < 1.29 is 22.7 Å². The molecular weight excluding hydrogens is 414 g/mol. The maximum atomic E-state index is 13.4. The molecule has 5 nitrogen and oxygen atoms in total. The van der Waals surface area contributed by atoms with Crippen molar-refractivity contribution in [2.75, 3.05) is 13.2 Å². The lowest BCUT2D eigenvalue weighted by molar-refractivity contribution is -0.134. The van der Waals surface area contributed by atoms with Gasteiger partial charge >= 0.3 is 0 Å². The van der Waals surface area contributed by atoms with Gasteiger partial charge in [-0.1, -0.05) is 23.7 Å². The van der Waals surface area contributed by atoms with E-state index >= 15 is 0 Å². The van der Waals surface area contributed by atoms with Crippen LogP contribution in [-0.4, -0.2) is 28.9 Å². The maximum absolute atomic E-state index is 13.4. The van der Waals surface area contributed by atoms with E-state index in [1.165, 1.54) is 30.3 Å². The number of hydrogen-bond acceptors (Lipinski definition) is 4. The van der Waals surface area contributed by atoms with Crippen LogP contribution >= 0.6 is 11.6 Å². The highest BCUT2D eigenvalue weighted by Crippen LogP contribution is 2.32. The van der Waals surface area contributed by atoms with Crippen molar-refractivity contribution in [2.24, 2.45) is 0 Å². The molecule has 1 unspecified atom stereocenters. The minimum atomic E-state index is -0.548. The number of carbonyl (C=O) groups excluding carboxylic acids is 1.